The second-order valence-corrected chi connectivity index (χ2v) is 10.4. The quantitative estimate of drug-likeness (QED) is 0.743. The molecule has 1 radical (unpaired) electrons. The van der Waals surface area contributed by atoms with E-state index >= 15 is 0 Å². The van der Waals surface area contributed by atoms with E-state index in [0.29, 0.717) is 29.9 Å². The minimum absolute atomic E-state index is 0.604. The molecule has 0 spiro atoms. The molecule has 2 heteroatoms. The summed E-state index contributed by atoms with van der Waals surface area (Å²) in [6.45, 7) is 9.21. The summed E-state index contributed by atoms with van der Waals surface area (Å²) in [5.41, 5.74) is 0. The number of rotatable bonds is 4. The van der Waals surface area contributed by atoms with Crippen LogP contribution in [0.1, 0.15) is 27.7 Å². The Balaban J connectivity index is 2.80. The van der Waals surface area contributed by atoms with Gasteiger partial charge in [-0.3, -0.25) is 0 Å². The molecule has 0 saturated carbocycles. The Bertz CT molecular complexity index is 250. The van der Waals surface area contributed by atoms with Gasteiger partial charge in [-0.05, 0) is 0 Å². The summed E-state index contributed by atoms with van der Waals surface area (Å²) in [6.07, 6.45) is 0. The molecule has 0 aliphatic heterocycles. The van der Waals surface area contributed by atoms with Crippen LogP contribution in [0.5, 0.6) is 0 Å². The third kappa shape index (κ3) is 4.19. The van der Waals surface area contributed by atoms with Gasteiger partial charge in [0.15, 0.2) is 0 Å². The van der Waals surface area contributed by atoms with Crippen LogP contribution in [0.4, 0.5) is 0 Å². The molecule has 1 aromatic carbocycles. The van der Waals surface area contributed by atoms with Gasteiger partial charge in [0.1, 0.15) is 0 Å². The average Bonchev–Trinajstić information content (AvgIpc) is 2.06. The molecule has 0 bridgehead atoms. The molecule has 1 aromatic rings. The minimum atomic E-state index is 0.604. The predicted octanol–water partition coefficient (Wildman–Crippen LogP) is 1.80. The van der Waals surface area contributed by atoms with Gasteiger partial charge in [-0.1, -0.05) is 0 Å². The van der Waals surface area contributed by atoms with Crippen LogP contribution in [-0.2, 0) is 0 Å². The van der Waals surface area contributed by atoms with Gasteiger partial charge in [-0.15, -0.1) is 0 Å². The van der Waals surface area contributed by atoms with E-state index in [4.69, 9.17) is 0 Å². The zero-order chi connectivity index (χ0) is 10.6. The fourth-order valence-electron chi connectivity index (χ4n) is 1.08. The summed E-state index contributed by atoms with van der Waals surface area (Å²) in [4.78, 5) is 1.60. The van der Waals surface area contributed by atoms with Crippen LogP contribution in [0.3, 0.4) is 0 Å². The summed E-state index contributed by atoms with van der Waals surface area (Å²) in [7, 11) is 0. The van der Waals surface area contributed by atoms with E-state index in [2.05, 4.69) is 52.0 Å². The van der Waals surface area contributed by atoms with Crippen molar-refractivity contribution in [2.24, 2.45) is 0 Å². The fraction of sp³-hybridized carbons (Fsp3) is 0.500. The first-order chi connectivity index (χ1) is 6.59. The van der Waals surface area contributed by atoms with E-state index in [1.54, 1.807) is 4.46 Å². The molecule has 0 fully saturated rings. The van der Waals surface area contributed by atoms with E-state index in [9.17, 15) is 0 Å². The molecule has 0 aliphatic carbocycles. The van der Waals surface area contributed by atoms with Crippen molar-refractivity contribution in [2.45, 2.75) is 37.3 Å². The first kappa shape index (κ1) is 12.3. The molecule has 1 rings (SSSR count). The molecule has 77 valence electrons. The molecule has 0 amide bonds. The van der Waals surface area contributed by atoms with Gasteiger partial charge >= 0.3 is 100 Å². The zero-order valence-corrected chi connectivity index (χ0v) is 12.6. The number of hydrogen-bond acceptors (Lipinski definition) is 0. The van der Waals surface area contributed by atoms with Crippen molar-refractivity contribution in [1.29, 1.82) is 0 Å². The van der Waals surface area contributed by atoms with E-state index in [1.165, 1.54) is 4.46 Å². The molecule has 0 heterocycles. The normalized spacial score (nSPS) is 11.3. The molecule has 0 nitrogen and oxygen atoms in total. The van der Waals surface area contributed by atoms with E-state index in [1.807, 2.05) is 0 Å². The van der Waals surface area contributed by atoms with Crippen LogP contribution < -0.4 is 8.92 Å². The van der Waals surface area contributed by atoms with Crippen LogP contribution >= 0.6 is 0 Å². The molecular formula is C12H17Se2. The Kier molecular flexibility index (Phi) is 5.26. The molecule has 0 saturated heterocycles. The van der Waals surface area contributed by atoms with Gasteiger partial charge in [0.2, 0.25) is 0 Å². The second kappa shape index (κ2) is 5.98. The third-order valence-electron chi connectivity index (χ3n) is 1.50. The summed E-state index contributed by atoms with van der Waals surface area (Å²) in [5.74, 6) is 0. The first-order valence-electron chi connectivity index (χ1n) is 4.93. The van der Waals surface area contributed by atoms with Crippen molar-refractivity contribution in [3.05, 3.63) is 24.3 Å². The maximum atomic E-state index is 3.42. The number of hydrogen-bond donors (Lipinski definition) is 0. The van der Waals surface area contributed by atoms with Gasteiger partial charge in [-0.2, -0.15) is 0 Å². The van der Waals surface area contributed by atoms with Crippen molar-refractivity contribution in [3.63, 3.8) is 0 Å². The van der Waals surface area contributed by atoms with Crippen molar-refractivity contribution >= 4 is 38.8 Å². The Labute approximate surface area is 100 Å². The molecule has 0 N–H and O–H groups in total. The summed E-state index contributed by atoms with van der Waals surface area (Å²) < 4.78 is 3.08. The van der Waals surface area contributed by atoms with Crippen LogP contribution in [0.25, 0.3) is 0 Å². The summed E-state index contributed by atoms with van der Waals surface area (Å²) in [6, 6.07) is 9.88. The van der Waals surface area contributed by atoms with Gasteiger partial charge < -0.3 is 0 Å². The van der Waals surface area contributed by atoms with E-state index < -0.39 is 0 Å². The maximum absolute atomic E-state index is 3.42. The first-order valence-corrected chi connectivity index (χ1v) is 8.62. The summed E-state index contributed by atoms with van der Waals surface area (Å²) >= 11 is 1.23. The topological polar surface area (TPSA) is 0 Å². The van der Waals surface area contributed by atoms with Crippen LogP contribution in [0, 0.1) is 6.07 Å². The Morgan fingerprint density at radius 2 is 1.71 bits per heavy atom. The Hall–Kier alpha value is 0.259. The molecule has 0 unspecified atom stereocenters. The van der Waals surface area contributed by atoms with Crippen molar-refractivity contribution in [3.8, 4) is 0 Å². The van der Waals surface area contributed by atoms with Crippen molar-refractivity contribution in [1.82, 2.24) is 0 Å². The summed E-state index contributed by atoms with van der Waals surface area (Å²) in [5, 5.41) is 0. The molecule has 14 heavy (non-hydrogen) atoms. The second-order valence-electron chi connectivity index (χ2n) is 3.70. The van der Waals surface area contributed by atoms with Crippen molar-refractivity contribution < 1.29 is 0 Å². The van der Waals surface area contributed by atoms with Gasteiger partial charge in [0, 0.05) is 0 Å². The van der Waals surface area contributed by atoms with Gasteiger partial charge in [-0.25, -0.2) is 0 Å². The molecule has 0 atom stereocenters. The fourth-order valence-corrected chi connectivity index (χ4v) is 5.53. The van der Waals surface area contributed by atoms with Crippen LogP contribution in [0.15, 0.2) is 18.2 Å². The molecule has 0 aliphatic rings. The number of benzene rings is 1. The van der Waals surface area contributed by atoms with Crippen LogP contribution in [-0.4, -0.2) is 29.9 Å². The molecule has 0 aromatic heterocycles. The van der Waals surface area contributed by atoms with Crippen molar-refractivity contribution in [2.75, 3.05) is 0 Å². The van der Waals surface area contributed by atoms with E-state index in [-0.39, 0.29) is 0 Å². The SMILES string of the molecule is CC(C)[Se]c1[c]cccc1[Se]C(C)C. The standard InChI is InChI=1S/C12H17Se2/c1-9(2)13-11-7-5-6-8-12(11)14-10(3)4/h5-7,9-10H,1-4H3. The monoisotopic (exact) mass is 321 g/mol. The average molecular weight is 319 g/mol. The van der Waals surface area contributed by atoms with E-state index in [0.717, 1.165) is 9.63 Å². The zero-order valence-electron chi connectivity index (χ0n) is 9.20. The van der Waals surface area contributed by atoms with Gasteiger partial charge in [0.05, 0.1) is 0 Å². The Morgan fingerprint density at radius 1 is 1.07 bits per heavy atom. The van der Waals surface area contributed by atoms with Crippen LogP contribution in [0.2, 0.25) is 9.63 Å². The molecular weight excluding hydrogens is 302 g/mol. The van der Waals surface area contributed by atoms with Gasteiger partial charge in [0.25, 0.3) is 0 Å². The predicted molar refractivity (Wildman–Crippen MR) is 66.3 cm³/mol. The third-order valence-corrected chi connectivity index (χ3v) is 6.58. The Morgan fingerprint density at radius 3 is 2.29 bits per heavy atom.